The summed E-state index contributed by atoms with van der Waals surface area (Å²) in [6.45, 7) is 2.65. The van der Waals surface area contributed by atoms with Crippen molar-refractivity contribution in [2.24, 2.45) is 11.0 Å². The lowest BCUT2D eigenvalue weighted by Gasteiger charge is -2.15. The molecule has 2 aromatic carbocycles. The smallest absolute Gasteiger partial charge is 0.253 e. The normalized spacial score (nSPS) is 18.9. The topological polar surface area (TPSA) is 100 Å². The molecule has 3 N–H and O–H groups in total. The van der Waals surface area contributed by atoms with Crippen molar-refractivity contribution in [3.63, 3.8) is 0 Å². The monoisotopic (exact) mass is 493 g/mol. The first kappa shape index (κ1) is 20.1. The summed E-state index contributed by atoms with van der Waals surface area (Å²) >= 11 is 1.99. The van der Waals surface area contributed by atoms with Gasteiger partial charge in [0.05, 0.1) is 16.4 Å². The van der Waals surface area contributed by atoms with Crippen LogP contribution < -0.4 is 15.5 Å². The molecule has 0 aromatic heterocycles. The lowest BCUT2D eigenvalue weighted by atomic mass is 9.88. The molecule has 146 valence electrons. The SMILES string of the molecule is CCOc1cc(/C=N/NC(=O)[C@@H]2C(=O)NC[C@H]2c2ccccc2)cc(I)c1O. The van der Waals surface area contributed by atoms with Crippen molar-refractivity contribution in [2.45, 2.75) is 12.8 Å². The number of carbonyl (C=O) groups excluding carboxylic acids is 2. The Bertz CT molecular complexity index is 902. The summed E-state index contributed by atoms with van der Waals surface area (Å²) in [7, 11) is 0. The number of rotatable bonds is 6. The first-order chi connectivity index (χ1) is 13.5. The zero-order valence-electron chi connectivity index (χ0n) is 15.2. The molecule has 2 amide bonds. The maximum atomic E-state index is 12.6. The number of aromatic hydroxyl groups is 1. The standard InChI is InChI=1S/C20H20IN3O4/c1-2-28-16-9-12(8-15(21)18(16)25)10-23-24-20(27)17-14(11-22-19(17)26)13-6-4-3-5-7-13/h3-10,14,17,25H,2,11H2,1H3,(H,22,26)(H,24,27)/b23-10+/t14-,17-/m0/s1. The van der Waals surface area contributed by atoms with Gasteiger partial charge in [-0.1, -0.05) is 30.3 Å². The molecule has 0 spiro atoms. The third-order valence-electron chi connectivity index (χ3n) is 4.43. The number of halogens is 1. The Morgan fingerprint density at radius 1 is 1.39 bits per heavy atom. The van der Waals surface area contributed by atoms with Crippen LogP contribution in [0.15, 0.2) is 47.6 Å². The maximum absolute atomic E-state index is 12.6. The summed E-state index contributed by atoms with van der Waals surface area (Å²) in [6, 6.07) is 12.8. The maximum Gasteiger partial charge on any atom is 0.253 e. The van der Waals surface area contributed by atoms with Gasteiger partial charge in [-0.25, -0.2) is 5.43 Å². The fourth-order valence-electron chi connectivity index (χ4n) is 3.11. The zero-order chi connectivity index (χ0) is 20.1. The number of ether oxygens (including phenoxy) is 1. The molecule has 1 aliphatic rings. The molecule has 7 nitrogen and oxygen atoms in total. The van der Waals surface area contributed by atoms with E-state index in [1.807, 2.05) is 59.8 Å². The minimum absolute atomic E-state index is 0.0666. The van der Waals surface area contributed by atoms with Crippen molar-refractivity contribution in [1.82, 2.24) is 10.7 Å². The number of benzene rings is 2. The highest BCUT2D eigenvalue weighted by molar-refractivity contribution is 14.1. The van der Waals surface area contributed by atoms with E-state index in [9.17, 15) is 14.7 Å². The van der Waals surface area contributed by atoms with Gasteiger partial charge in [0.2, 0.25) is 5.91 Å². The average Bonchev–Trinajstić information content (AvgIpc) is 3.08. The van der Waals surface area contributed by atoms with Crippen molar-refractivity contribution >= 4 is 40.6 Å². The van der Waals surface area contributed by atoms with E-state index in [-0.39, 0.29) is 17.6 Å². The van der Waals surface area contributed by atoms with Crippen LogP contribution in [-0.2, 0) is 9.59 Å². The molecule has 1 fully saturated rings. The zero-order valence-corrected chi connectivity index (χ0v) is 17.3. The molecule has 0 bridgehead atoms. The van der Waals surface area contributed by atoms with Crippen LogP contribution in [0.25, 0.3) is 0 Å². The van der Waals surface area contributed by atoms with Crippen molar-refractivity contribution in [3.05, 3.63) is 57.2 Å². The summed E-state index contributed by atoms with van der Waals surface area (Å²) in [5.74, 6) is -1.42. The number of hydrogen-bond acceptors (Lipinski definition) is 5. The molecule has 2 aromatic rings. The van der Waals surface area contributed by atoms with E-state index < -0.39 is 11.8 Å². The third kappa shape index (κ3) is 4.44. The lowest BCUT2D eigenvalue weighted by Crippen LogP contribution is -2.34. The Kier molecular flexibility index (Phi) is 6.50. The minimum Gasteiger partial charge on any atom is -0.504 e. The van der Waals surface area contributed by atoms with Crippen LogP contribution in [0.5, 0.6) is 11.5 Å². The number of hydrazone groups is 1. The van der Waals surface area contributed by atoms with Gasteiger partial charge in [-0.05, 0) is 52.8 Å². The molecular formula is C20H20IN3O4. The van der Waals surface area contributed by atoms with Gasteiger partial charge in [-0.15, -0.1) is 0 Å². The summed E-state index contributed by atoms with van der Waals surface area (Å²) in [6.07, 6.45) is 1.45. The van der Waals surface area contributed by atoms with Crippen molar-refractivity contribution in [1.29, 1.82) is 0 Å². The van der Waals surface area contributed by atoms with Crippen LogP contribution in [0.3, 0.4) is 0 Å². The number of nitrogens with one attached hydrogen (secondary N) is 2. The molecule has 2 atom stereocenters. The van der Waals surface area contributed by atoms with Gasteiger partial charge in [0, 0.05) is 12.5 Å². The fraction of sp³-hybridized carbons (Fsp3) is 0.250. The molecule has 0 unspecified atom stereocenters. The molecule has 28 heavy (non-hydrogen) atoms. The van der Waals surface area contributed by atoms with Gasteiger partial charge in [-0.2, -0.15) is 5.10 Å². The van der Waals surface area contributed by atoms with Crippen LogP contribution in [-0.4, -0.2) is 36.3 Å². The van der Waals surface area contributed by atoms with Crippen LogP contribution in [0.2, 0.25) is 0 Å². The second-order valence-electron chi connectivity index (χ2n) is 6.26. The molecule has 0 radical (unpaired) electrons. The molecular weight excluding hydrogens is 473 g/mol. The van der Waals surface area contributed by atoms with Gasteiger partial charge in [0.15, 0.2) is 11.5 Å². The van der Waals surface area contributed by atoms with E-state index in [4.69, 9.17) is 4.74 Å². The Morgan fingerprint density at radius 3 is 2.86 bits per heavy atom. The van der Waals surface area contributed by atoms with Crippen LogP contribution >= 0.6 is 22.6 Å². The third-order valence-corrected chi connectivity index (χ3v) is 5.25. The summed E-state index contributed by atoms with van der Waals surface area (Å²) in [5.41, 5.74) is 4.04. The van der Waals surface area contributed by atoms with Gasteiger partial charge < -0.3 is 15.2 Å². The van der Waals surface area contributed by atoms with E-state index >= 15 is 0 Å². The number of hydrogen-bond donors (Lipinski definition) is 3. The van der Waals surface area contributed by atoms with Gasteiger partial charge in [0.25, 0.3) is 5.91 Å². The Balaban J connectivity index is 1.72. The Hall–Kier alpha value is -2.62. The van der Waals surface area contributed by atoms with Gasteiger partial charge in [-0.3, -0.25) is 9.59 Å². The van der Waals surface area contributed by atoms with Crippen molar-refractivity contribution in [2.75, 3.05) is 13.2 Å². The molecule has 1 heterocycles. The van der Waals surface area contributed by atoms with Crippen LogP contribution in [0.4, 0.5) is 0 Å². The number of carbonyl (C=O) groups is 2. The van der Waals surface area contributed by atoms with E-state index in [1.165, 1.54) is 6.21 Å². The summed E-state index contributed by atoms with van der Waals surface area (Å²) < 4.78 is 5.99. The van der Waals surface area contributed by atoms with Crippen LogP contribution in [0.1, 0.15) is 24.0 Å². The average molecular weight is 493 g/mol. The van der Waals surface area contributed by atoms with E-state index in [1.54, 1.807) is 12.1 Å². The number of nitrogens with zero attached hydrogens (tertiary/aromatic N) is 1. The quantitative estimate of drug-likeness (QED) is 0.249. The predicted octanol–water partition coefficient (Wildman–Crippen LogP) is 2.38. The predicted molar refractivity (Wildman–Crippen MR) is 113 cm³/mol. The first-order valence-electron chi connectivity index (χ1n) is 8.82. The number of phenols is 1. The highest BCUT2D eigenvalue weighted by atomic mass is 127. The summed E-state index contributed by atoms with van der Waals surface area (Å²) in [4.78, 5) is 24.7. The Morgan fingerprint density at radius 2 is 2.14 bits per heavy atom. The van der Waals surface area contributed by atoms with E-state index in [0.29, 0.717) is 28.0 Å². The van der Waals surface area contributed by atoms with Crippen molar-refractivity contribution in [3.8, 4) is 11.5 Å². The Labute approximate surface area is 176 Å². The number of phenolic OH excluding ortho intramolecular Hbond substituents is 1. The number of amides is 2. The highest BCUT2D eigenvalue weighted by Crippen LogP contribution is 2.32. The van der Waals surface area contributed by atoms with E-state index in [2.05, 4.69) is 15.8 Å². The van der Waals surface area contributed by atoms with Crippen molar-refractivity contribution < 1.29 is 19.4 Å². The minimum atomic E-state index is -0.835. The molecule has 8 heteroatoms. The van der Waals surface area contributed by atoms with Gasteiger partial charge in [0.1, 0.15) is 5.92 Å². The first-order valence-corrected chi connectivity index (χ1v) is 9.90. The molecule has 3 rings (SSSR count). The van der Waals surface area contributed by atoms with Gasteiger partial charge >= 0.3 is 0 Å². The molecule has 1 aliphatic heterocycles. The summed E-state index contributed by atoms with van der Waals surface area (Å²) in [5, 5.41) is 16.7. The van der Waals surface area contributed by atoms with Crippen LogP contribution in [0, 0.1) is 9.49 Å². The molecule has 1 saturated heterocycles. The lowest BCUT2D eigenvalue weighted by molar-refractivity contribution is -0.133. The second-order valence-corrected chi connectivity index (χ2v) is 7.42. The molecule has 0 aliphatic carbocycles. The molecule has 0 saturated carbocycles. The van der Waals surface area contributed by atoms with E-state index in [0.717, 1.165) is 5.56 Å². The largest absolute Gasteiger partial charge is 0.504 e. The highest BCUT2D eigenvalue weighted by Gasteiger charge is 2.40. The second kappa shape index (κ2) is 9.05. The fourth-order valence-corrected chi connectivity index (χ4v) is 3.73.